The zero-order valence-corrected chi connectivity index (χ0v) is 11.7. The molecule has 3 rings (SSSR count). The van der Waals surface area contributed by atoms with E-state index in [0.717, 1.165) is 15.4 Å². The van der Waals surface area contributed by atoms with Crippen LogP contribution in [0.3, 0.4) is 0 Å². The zero-order chi connectivity index (χ0) is 12.7. The predicted molar refractivity (Wildman–Crippen MR) is 69.4 cm³/mol. The Morgan fingerprint density at radius 1 is 1.39 bits per heavy atom. The van der Waals surface area contributed by atoms with Crippen molar-refractivity contribution in [3.8, 4) is 5.88 Å². The van der Waals surface area contributed by atoms with Crippen LogP contribution in [0.1, 0.15) is 0 Å². The minimum atomic E-state index is -0.292. The first kappa shape index (κ1) is 11.6. The molecular formula is C11H7BrN4OS. The molecule has 2 aromatic heterocycles. The van der Waals surface area contributed by atoms with E-state index in [-0.39, 0.29) is 5.88 Å². The topological polar surface area (TPSA) is 65.8 Å². The fourth-order valence-electron chi connectivity index (χ4n) is 1.74. The Kier molecular flexibility index (Phi) is 2.79. The Bertz CT molecular complexity index is 765. The number of nitrogens with zero attached hydrogens (tertiary/aromatic N) is 4. The van der Waals surface area contributed by atoms with Crippen LogP contribution in [0.5, 0.6) is 5.88 Å². The molecule has 5 nitrogen and oxygen atoms in total. The maximum absolute atomic E-state index is 12.1. The number of benzene rings is 1. The zero-order valence-electron chi connectivity index (χ0n) is 9.29. The van der Waals surface area contributed by atoms with Crippen molar-refractivity contribution in [3.63, 3.8) is 0 Å². The molecule has 0 spiro atoms. The predicted octanol–water partition coefficient (Wildman–Crippen LogP) is 1.32. The van der Waals surface area contributed by atoms with Crippen molar-refractivity contribution in [2.75, 3.05) is 6.26 Å². The fourth-order valence-corrected chi connectivity index (χ4v) is 2.44. The molecule has 0 aliphatic carbocycles. The fraction of sp³-hybridized carbons (Fsp3) is 0.0909. The van der Waals surface area contributed by atoms with E-state index in [4.69, 9.17) is 0 Å². The summed E-state index contributed by atoms with van der Waals surface area (Å²) in [6, 6.07) is 5.58. The maximum Gasteiger partial charge on any atom is 0.312 e. The van der Waals surface area contributed by atoms with Gasteiger partial charge >= 0.3 is 6.33 Å². The van der Waals surface area contributed by atoms with Gasteiger partial charge in [0, 0.05) is 10.4 Å². The molecule has 0 saturated carbocycles. The van der Waals surface area contributed by atoms with E-state index in [0.29, 0.717) is 10.7 Å². The quantitative estimate of drug-likeness (QED) is 0.384. The largest absolute Gasteiger partial charge is 0.856 e. The second-order valence-electron chi connectivity index (χ2n) is 3.60. The molecule has 0 saturated heterocycles. The van der Waals surface area contributed by atoms with Crippen LogP contribution in [-0.2, 0) is 0 Å². The van der Waals surface area contributed by atoms with E-state index in [9.17, 15) is 5.11 Å². The third-order valence-electron chi connectivity index (χ3n) is 2.52. The third-order valence-corrected chi connectivity index (χ3v) is 3.56. The van der Waals surface area contributed by atoms with Crippen molar-refractivity contribution >= 4 is 44.1 Å². The van der Waals surface area contributed by atoms with Crippen LogP contribution in [0, 0.1) is 0 Å². The molecule has 0 unspecified atom stereocenters. The SMILES string of the molecule is CSc1nc([O-])c2c3cc(Br)ccc3nc[n+]2n1. The Morgan fingerprint density at radius 3 is 3.00 bits per heavy atom. The van der Waals surface area contributed by atoms with Crippen molar-refractivity contribution in [2.24, 2.45) is 0 Å². The highest BCUT2D eigenvalue weighted by Crippen LogP contribution is 2.23. The molecule has 0 aliphatic heterocycles. The highest BCUT2D eigenvalue weighted by molar-refractivity contribution is 9.10. The number of aromatic nitrogens is 4. The number of thioether (sulfide) groups is 1. The van der Waals surface area contributed by atoms with E-state index in [2.05, 4.69) is 31.0 Å². The van der Waals surface area contributed by atoms with Gasteiger partial charge in [-0.3, -0.25) is 0 Å². The van der Waals surface area contributed by atoms with Gasteiger partial charge in [-0.05, 0) is 29.4 Å². The van der Waals surface area contributed by atoms with Crippen LogP contribution < -0.4 is 9.62 Å². The molecule has 7 heteroatoms. The van der Waals surface area contributed by atoms with Gasteiger partial charge in [-0.25, -0.2) is 4.98 Å². The molecule has 0 N–H and O–H groups in total. The van der Waals surface area contributed by atoms with Gasteiger partial charge in [-0.1, -0.05) is 37.3 Å². The van der Waals surface area contributed by atoms with E-state index < -0.39 is 0 Å². The smallest absolute Gasteiger partial charge is 0.312 e. The molecular weight excluding hydrogens is 316 g/mol. The monoisotopic (exact) mass is 322 g/mol. The number of hydrogen-bond donors (Lipinski definition) is 0. The second kappa shape index (κ2) is 4.33. The average molecular weight is 323 g/mol. The van der Waals surface area contributed by atoms with E-state index in [1.165, 1.54) is 22.6 Å². The summed E-state index contributed by atoms with van der Waals surface area (Å²) in [6.07, 6.45) is 3.36. The van der Waals surface area contributed by atoms with Crippen molar-refractivity contribution in [1.29, 1.82) is 0 Å². The summed E-state index contributed by atoms with van der Waals surface area (Å²) in [4.78, 5) is 8.20. The number of rotatable bonds is 1. The third kappa shape index (κ3) is 1.79. The van der Waals surface area contributed by atoms with Crippen molar-refractivity contribution in [3.05, 3.63) is 29.0 Å². The van der Waals surface area contributed by atoms with Gasteiger partial charge in [-0.15, -0.1) is 0 Å². The van der Waals surface area contributed by atoms with Crippen LogP contribution in [0.2, 0.25) is 0 Å². The first-order chi connectivity index (χ1) is 8.69. The summed E-state index contributed by atoms with van der Waals surface area (Å²) in [5.74, 6) is -0.292. The van der Waals surface area contributed by atoms with Crippen LogP contribution in [0.25, 0.3) is 16.4 Å². The van der Waals surface area contributed by atoms with Crippen molar-refractivity contribution in [2.45, 2.75) is 5.16 Å². The lowest BCUT2D eigenvalue weighted by atomic mass is 10.2. The van der Waals surface area contributed by atoms with Crippen LogP contribution >= 0.6 is 27.7 Å². The number of halogens is 1. The lowest BCUT2D eigenvalue weighted by Crippen LogP contribution is -2.30. The van der Waals surface area contributed by atoms with Gasteiger partial charge in [0.25, 0.3) is 0 Å². The summed E-state index contributed by atoms with van der Waals surface area (Å²) in [6.45, 7) is 0. The summed E-state index contributed by atoms with van der Waals surface area (Å²) in [7, 11) is 0. The highest BCUT2D eigenvalue weighted by atomic mass is 79.9. The first-order valence-electron chi connectivity index (χ1n) is 5.08. The molecule has 0 fully saturated rings. The lowest BCUT2D eigenvalue weighted by Gasteiger charge is -2.07. The molecule has 0 amide bonds. The van der Waals surface area contributed by atoms with E-state index in [1.807, 2.05) is 24.5 Å². The Balaban J connectivity index is 2.49. The lowest BCUT2D eigenvalue weighted by molar-refractivity contribution is -0.591. The van der Waals surface area contributed by atoms with E-state index in [1.54, 1.807) is 0 Å². The van der Waals surface area contributed by atoms with Crippen molar-refractivity contribution in [1.82, 2.24) is 15.1 Å². The Hall–Kier alpha value is -1.47. The van der Waals surface area contributed by atoms with Gasteiger partial charge in [0.05, 0.1) is 5.39 Å². The first-order valence-corrected chi connectivity index (χ1v) is 7.10. The average Bonchev–Trinajstić information content (AvgIpc) is 2.37. The van der Waals surface area contributed by atoms with Gasteiger partial charge in [-0.2, -0.15) is 0 Å². The van der Waals surface area contributed by atoms with Gasteiger partial charge < -0.3 is 5.11 Å². The molecule has 0 atom stereocenters. The van der Waals surface area contributed by atoms with Crippen LogP contribution in [0.15, 0.2) is 34.2 Å². The molecule has 1 aromatic carbocycles. The summed E-state index contributed by atoms with van der Waals surface area (Å²) >= 11 is 4.71. The standard InChI is InChI=1S/C11H7BrN4OS/c1-18-11-14-10(17)9-7-4-6(12)2-3-8(7)13-5-16(9)15-11/h2-5H,1H3. The van der Waals surface area contributed by atoms with Gasteiger partial charge in [0.1, 0.15) is 0 Å². The minimum Gasteiger partial charge on any atom is -0.856 e. The van der Waals surface area contributed by atoms with E-state index >= 15 is 0 Å². The molecule has 0 aliphatic rings. The highest BCUT2D eigenvalue weighted by Gasteiger charge is 2.13. The molecule has 0 bridgehead atoms. The second-order valence-corrected chi connectivity index (χ2v) is 5.29. The molecule has 18 heavy (non-hydrogen) atoms. The maximum atomic E-state index is 12.1. The van der Waals surface area contributed by atoms with Crippen LogP contribution in [-0.4, -0.2) is 21.3 Å². The molecule has 0 radical (unpaired) electrons. The number of hydrogen-bond acceptors (Lipinski definition) is 5. The summed E-state index contributed by atoms with van der Waals surface area (Å²) in [5, 5.41) is 17.5. The number of fused-ring (bicyclic) bond motifs is 3. The summed E-state index contributed by atoms with van der Waals surface area (Å²) < 4.78 is 2.37. The van der Waals surface area contributed by atoms with Crippen molar-refractivity contribution < 1.29 is 9.62 Å². The Morgan fingerprint density at radius 2 is 2.22 bits per heavy atom. The van der Waals surface area contributed by atoms with Gasteiger partial charge in [0.15, 0.2) is 11.0 Å². The molecule has 2 heterocycles. The Labute approximate surface area is 115 Å². The van der Waals surface area contributed by atoms with Gasteiger partial charge in [0.2, 0.25) is 5.16 Å². The normalized spacial score (nSPS) is 11.2. The molecule has 90 valence electrons. The van der Waals surface area contributed by atoms with Crippen LogP contribution in [0.4, 0.5) is 0 Å². The molecule has 3 aromatic rings. The summed E-state index contributed by atoms with van der Waals surface area (Å²) in [5.41, 5.74) is 1.19. The minimum absolute atomic E-state index is 0.292.